The standard InChI is InChI=1S/C12H21N5O2/c1-5-18-6-2-16(1)9-11-12(14-15-13-11)10-17-3-7-19-8-4-17/h1-10H2,(H,13,14,15). The molecule has 0 amide bonds. The zero-order chi connectivity index (χ0) is 12.9. The molecule has 1 aromatic rings. The molecule has 0 aromatic carbocycles. The van der Waals surface area contributed by atoms with E-state index in [2.05, 4.69) is 25.2 Å². The molecule has 0 unspecified atom stereocenters. The second-order valence-corrected chi connectivity index (χ2v) is 5.01. The van der Waals surface area contributed by atoms with Crippen molar-refractivity contribution in [2.45, 2.75) is 13.1 Å². The molecule has 2 fully saturated rings. The number of H-pyrrole nitrogens is 1. The maximum Gasteiger partial charge on any atom is 0.101 e. The van der Waals surface area contributed by atoms with Crippen molar-refractivity contribution in [1.82, 2.24) is 25.2 Å². The normalized spacial score (nSPS) is 22.7. The number of nitrogens with zero attached hydrogens (tertiary/aromatic N) is 4. The zero-order valence-corrected chi connectivity index (χ0v) is 11.2. The summed E-state index contributed by atoms with van der Waals surface area (Å²) < 4.78 is 10.7. The Labute approximate surface area is 112 Å². The van der Waals surface area contributed by atoms with Crippen LogP contribution in [-0.4, -0.2) is 77.8 Å². The van der Waals surface area contributed by atoms with Gasteiger partial charge >= 0.3 is 0 Å². The first-order valence-corrected chi connectivity index (χ1v) is 6.91. The second-order valence-electron chi connectivity index (χ2n) is 5.01. The first-order valence-electron chi connectivity index (χ1n) is 6.91. The van der Waals surface area contributed by atoms with Gasteiger partial charge in [0, 0.05) is 39.3 Å². The summed E-state index contributed by atoms with van der Waals surface area (Å²) in [6.45, 7) is 8.93. The fraction of sp³-hybridized carbons (Fsp3) is 0.833. The van der Waals surface area contributed by atoms with Crippen LogP contribution in [0, 0.1) is 0 Å². The molecule has 19 heavy (non-hydrogen) atoms. The van der Waals surface area contributed by atoms with Crippen LogP contribution in [0.2, 0.25) is 0 Å². The number of hydrogen-bond donors (Lipinski definition) is 1. The van der Waals surface area contributed by atoms with E-state index in [1.807, 2.05) is 0 Å². The maximum absolute atomic E-state index is 5.37. The number of nitrogens with one attached hydrogen (secondary N) is 1. The Bertz CT molecular complexity index is 351. The Kier molecular flexibility index (Phi) is 4.39. The fourth-order valence-corrected chi connectivity index (χ4v) is 2.48. The molecule has 3 heterocycles. The van der Waals surface area contributed by atoms with E-state index in [1.165, 1.54) is 0 Å². The lowest BCUT2D eigenvalue weighted by molar-refractivity contribution is 0.0303. The van der Waals surface area contributed by atoms with E-state index in [0.717, 1.165) is 77.1 Å². The van der Waals surface area contributed by atoms with Crippen LogP contribution in [0.25, 0.3) is 0 Å². The number of aromatic amines is 1. The van der Waals surface area contributed by atoms with E-state index >= 15 is 0 Å². The third kappa shape index (κ3) is 3.50. The molecule has 106 valence electrons. The van der Waals surface area contributed by atoms with Gasteiger partial charge in [0.15, 0.2) is 0 Å². The molecule has 7 nitrogen and oxygen atoms in total. The van der Waals surface area contributed by atoms with Gasteiger partial charge in [-0.2, -0.15) is 0 Å². The topological polar surface area (TPSA) is 66.5 Å². The Morgan fingerprint density at radius 2 is 1.47 bits per heavy atom. The minimum atomic E-state index is 0.816. The summed E-state index contributed by atoms with van der Waals surface area (Å²) in [5.74, 6) is 0. The summed E-state index contributed by atoms with van der Waals surface area (Å²) in [6.07, 6.45) is 0. The highest BCUT2D eigenvalue weighted by atomic mass is 16.5. The van der Waals surface area contributed by atoms with Crippen molar-refractivity contribution in [2.24, 2.45) is 0 Å². The molecular weight excluding hydrogens is 246 g/mol. The summed E-state index contributed by atoms with van der Waals surface area (Å²) in [5.41, 5.74) is 2.20. The first-order chi connectivity index (χ1) is 9.42. The third-order valence-electron chi connectivity index (χ3n) is 3.67. The number of hydrogen-bond acceptors (Lipinski definition) is 6. The van der Waals surface area contributed by atoms with Gasteiger partial charge in [-0.3, -0.25) is 14.9 Å². The molecule has 2 aliphatic rings. The molecule has 2 saturated heterocycles. The molecule has 0 spiro atoms. The van der Waals surface area contributed by atoms with E-state index in [9.17, 15) is 0 Å². The van der Waals surface area contributed by atoms with Crippen LogP contribution >= 0.6 is 0 Å². The van der Waals surface area contributed by atoms with Gasteiger partial charge in [0.05, 0.1) is 32.1 Å². The highest BCUT2D eigenvalue weighted by Gasteiger charge is 2.18. The molecule has 3 rings (SSSR count). The minimum absolute atomic E-state index is 0.816. The fourth-order valence-electron chi connectivity index (χ4n) is 2.48. The first kappa shape index (κ1) is 13.0. The molecule has 1 N–H and O–H groups in total. The van der Waals surface area contributed by atoms with Crippen molar-refractivity contribution in [3.05, 3.63) is 11.4 Å². The Hall–Kier alpha value is -1.02. The van der Waals surface area contributed by atoms with E-state index < -0.39 is 0 Å². The smallest absolute Gasteiger partial charge is 0.101 e. The van der Waals surface area contributed by atoms with Crippen LogP contribution < -0.4 is 0 Å². The summed E-state index contributed by atoms with van der Waals surface area (Å²) in [5, 5.41) is 11.2. The maximum atomic E-state index is 5.37. The highest BCUT2D eigenvalue weighted by Crippen LogP contribution is 2.11. The monoisotopic (exact) mass is 267 g/mol. The van der Waals surface area contributed by atoms with E-state index in [-0.39, 0.29) is 0 Å². The van der Waals surface area contributed by atoms with Crippen LogP contribution in [0.5, 0.6) is 0 Å². The number of morpholine rings is 2. The van der Waals surface area contributed by atoms with Crippen molar-refractivity contribution >= 4 is 0 Å². The van der Waals surface area contributed by atoms with Crippen molar-refractivity contribution < 1.29 is 9.47 Å². The predicted molar refractivity (Wildman–Crippen MR) is 68.6 cm³/mol. The lowest BCUT2D eigenvalue weighted by atomic mass is 10.2. The summed E-state index contributed by atoms with van der Waals surface area (Å²) in [4.78, 5) is 4.74. The highest BCUT2D eigenvalue weighted by molar-refractivity contribution is 5.08. The molecule has 0 saturated carbocycles. The van der Waals surface area contributed by atoms with Crippen molar-refractivity contribution in [3.63, 3.8) is 0 Å². The summed E-state index contributed by atoms with van der Waals surface area (Å²) in [7, 11) is 0. The lowest BCUT2D eigenvalue weighted by Gasteiger charge is -2.27. The van der Waals surface area contributed by atoms with Gasteiger partial charge in [0.1, 0.15) is 5.69 Å². The molecule has 7 heteroatoms. The van der Waals surface area contributed by atoms with Gasteiger partial charge < -0.3 is 9.47 Å². The Balaban J connectivity index is 1.57. The van der Waals surface area contributed by atoms with Crippen LogP contribution in [-0.2, 0) is 22.6 Å². The van der Waals surface area contributed by atoms with Crippen molar-refractivity contribution in [3.8, 4) is 0 Å². The lowest BCUT2D eigenvalue weighted by Crippen LogP contribution is -2.37. The number of rotatable bonds is 4. The average Bonchev–Trinajstić information content (AvgIpc) is 2.88. The molecule has 0 bridgehead atoms. The van der Waals surface area contributed by atoms with Gasteiger partial charge in [0.2, 0.25) is 0 Å². The predicted octanol–water partition coefficient (Wildman–Crippen LogP) is -0.531. The zero-order valence-electron chi connectivity index (χ0n) is 11.2. The quantitative estimate of drug-likeness (QED) is 0.791. The van der Waals surface area contributed by atoms with Crippen LogP contribution in [0.4, 0.5) is 0 Å². The van der Waals surface area contributed by atoms with Gasteiger partial charge in [-0.05, 0) is 0 Å². The second kappa shape index (κ2) is 6.42. The van der Waals surface area contributed by atoms with Gasteiger partial charge in [-0.15, -0.1) is 5.10 Å². The molecule has 0 radical (unpaired) electrons. The van der Waals surface area contributed by atoms with Crippen LogP contribution in [0.1, 0.15) is 11.4 Å². The molecule has 0 atom stereocenters. The van der Waals surface area contributed by atoms with Crippen molar-refractivity contribution in [1.29, 1.82) is 0 Å². The number of ether oxygens (including phenoxy) is 2. The molecule has 1 aromatic heterocycles. The largest absolute Gasteiger partial charge is 0.379 e. The van der Waals surface area contributed by atoms with E-state index in [1.54, 1.807) is 0 Å². The summed E-state index contributed by atoms with van der Waals surface area (Å²) in [6, 6.07) is 0. The van der Waals surface area contributed by atoms with Gasteiger partial charge in [-0.1, -0.05) is 5.21 Å². The number of aromatic nitrogens is 3. The minimum Gasteiger partial charge on any atom is -0.379 e. The van der Waals surface area contributed by atoms with Gasteiger partial charge in [-0.25, -0.2) is 0 Å². The van der Waals surface area contributed by atoms with E-state index in [0.29, 0.717) is 0 Å². The average molecular weight is 267 g/mol. The molecule has 2 aliphatic heterocycles. The van der Waals surface area contributed by atoms with Gasteiger partial charge in [0.25, 0.3) is 0 Å². The Morgan fingerprint density at radius 3 is 2.11 bits per heavy atom. The molecular formula is C12H21N5O2. The van der Waals surface area contributed by atoms with Crippen molar-refractivity contribution in [2.75, 3.05) is 52.6 Å². The SMILES string of the molecule is C1CN(Cc2nn[nH]c2CN2CCOCC2)CCO1. The van der Waals surface area contributed by atoms with Crippen LogP contribution in [0.3, 0.4) is 0 Å². The van der Waals surface area contributed by atoms with E-state index in [4.69, 9.17) is 9.47 Å². The Morgan fingerprint density at radius 1 is 0.895 bits per heavy atom. The third-order valence-corrected chi connectivity index (χ3v) is 3.67. The summed E-state index contributed by atoms with van der Waals surface area (Å²) >= 11 is 0. The van der Waals surface area contributed by atoms with Crippen LogP contribution in [0.15, 0.2) is 0 Å². The molecule has 0 aliphatic carbocycles.